The molecular formula is C17H25N3O2S. The van der Waals surface area contributed by atoms with Crippen LogP contribution in [0.25, 0.3) is 0 Å². The summed E-state index contributed by atoms with van der Waals surface area (Å²) < 4.78 is 27.5. The van der Waals surface area contributed by atoms with Gasteiger partial charge < -0.3 is 0 Å². The quantitative estimate of drug-likeness (QED) is 0.831. The zero-order chi connectivity index (χ0) is 16.7. The van der Waals surface area contributed by atoms with E-state index < -0.39 is 10.0 Å². The van der Waals surface area contributed by atoms with Crippen molar-refractivity contribution in [3.63, 3.8) is 0 Å². The average Bonchev–Trinajstić information content (AvgIpc) is 2.59. The SMILES string of the molecule is CCCCN1CCCC[C@@H]1CNS(=O)(=O)c1ccc(C#N)cc1. The maximum Gasteiger partial charge on any atom is 0.240 e. The number of piperidine rings is 1. The molecule has 1 aromatic rings. The number of hydrogen-bond acceptors (Lipinski definition) is 4. The second kappa shape index (κ2) is 8.44. The molecule has 0 bridgehead atoms. The molecule has 0 spiro atoms. The van der Waals surface area contributed by atoms with E-state index in [4.69, 9.17) is 5.26 Å². The van der Waals surface area contributed by atoms with Gasteiger partial charge in [0, 0.05) is 12.6 Å². The maximum absolute atomic E-state index is 12.4. The Morgan fingerprint density at radius 1 is 1.30 bits per heavy atom. The van der Waals surface area contributed by atoms with E-state index in [0.717, 1.165) is 38.8 Å². The Labute approximate surface area is 139 Å². The highest BCUT2D eigenvalue weighted by atomic mass is 32.2. The fourth-order valence-electron chi connectivity index (χ4n) is 2.94. The zero-order valence-electron chi connectivity index (χ0n) is 13.7. The minimum atomic E-state index is -3.51. The Kier molecular flexibility index (Phi) is 6.58. The first kappa shape index (κ1) is 17.9. The highest BCUT2D eigenvalue weighted by Crippen LogP contribution is 2.18. The molecule has 2 rings (SSSR count). The predicted molar refractivity (Wildman–Crippen MR) is 90.5 cm³/mol. The number of unbranched alkanes of at least 4 members (excludes halogenated alkanes) is 1. The van der Waals surface area contributed by atoms with Gasteiger partial charge in [-0.2, -0.15) is 5.26 Å². The Morgan fingerprint density at radius 2 is 2.04 bits per heavy atom. The van der Waals surface area contributed by atoms with Gasteiger partial charge in [-0.3, -0.25) is 4.90 Å². The lowest BCUT2D eigenvalue weighted by Gasteiger charge is -2.35. The molecule has 1 aliphatic heterocycles. The minimum Gasteiger partial charge on any atom is -0.299 e. The van der Waals surface area contributed by atoms with Gasteiger partial charge in [0.15, 0.2) is 0 Å². The van der Waals surface area contributed by atoms with Gasteiger partial charge in [-0.15, -0.1) is 0 Å². The van der Waals surface area contributed by atoms with Crippen LogP contribution in [0.5, 0.6) is 0 Å². The molecule has 126 valence electrons. The highest BCUT2D eigenvalue weighted by Gasteiger charge is 2.24. The van der Waals surface area contributed by atoms with Crippen molar-refractivity contribution < 1.29 is 8.42 Å². The van der Waals surface area contributed by atoms with Crippen molar-refractivity contribution in [2.75, 3.05) is 19.6 Å². The van der Waals surface area contributed by atoms with Crippen LogP contribution < -0.4 is 4.72 Å². The van der Waals surface area contributed by atoms with E-state index in [1.54, 1.807) is 0 Å². The number of rotatable bonds is 7. The van der Waals surface area contributed by atoms with E-state index in [0.29, 0.717) is 12.1 Å². The third-order valence-electron chi connectivity index (χ3n) is 4.35. The van der Waals surface area contributed by atoms with Crippen molar-refractivity contribution in [1.29, 1.82) is 5.26 Å². The van der Waals surface area contributed by atoms with Crippen molar-refractivity contribution in [2.24, 2.45) is 0 Å². The van der Waals surface area contributed by atoms with Crippen LogP contribution >= 0.6 is 0 Å². The molecular weight excluding hydrogens is 310 g/mol. The second-order valence-corrected chi connectivity index (χ2v) is 7.79. The van der Waals surface area contributed by atoms with Crippen LogP contribution in [0.15, 0.2) is 29.2 Å². The third-order valence-corrected chi connectivity index (χ3v) is 5.79. The summed E-state index contributed by atoms with van der Waals surface area (Å²) in [7, 11) is -3.51. The predicted octanol–water partition coefficient (Wildman–Crippen LogP) is 2.49. The largest absolute Gasteiger partial charge is 0.299 e. The first-order chi connectivity index (χ1) is 11.1. The molecule has 0 unspecified atom stereocenters. The smallest absolute Gasteiger partial charge is 0.240 e. The van der Waals surface area contributed by atoms with E-state index >= 15 is 0 Å². The summed E-state index contributed by atoms with van der Waals surface area (Å²) >= 11 is 0. The summed E-state index contributed by atoms with van der Waals surface area (Å²) in [4.78, 5) is 2.63. The lowest BCUT2D eigenvalue weighted by atomic mass is 10.0. The third kappa shape index (κ3) is 5.03. The summed E-state index contributed by atoms with van der Waals surface area (Å²) in [5.41, 5.74) is 0.460. The standard InChI is InChI=1S/C17H25N3O2S/c1-2-3-11-20-12-5-4-6-16(20)14-19-23(21,22)17-9-7-15(13-18)8-10-17/h7-10,16,19H,2-6,11-12,14H2,1H3/t16-/m1/s1. The van der Waals surface area contributed by atoms with Crippen LogP contribution in [0.4, 0.5) is 0 Å². The van der Waals surface area contributed by atoms with Crippen LogP contribution in [-0.2, 0) is 10.0 Å². The van der Waals surface area contributed by atoms with Crippen molar-refractivity contribution in [1.82, 2.24) is 9.62 Å². The number of nitrogens with one attached hydrogen (secondary N) is 1. The Morgan fingerprint density at radius 3 is 2.70 bits per heavy atom. The molecule has 1 atom stereocenters. The molecule has 0 aromatic heterocycles. The Bertz CT molecular complexity index is 635. The maximum atomic E-state index is 12.4. The molecule has 0 aliphatic carbocycles. The van der Waals surface area contributed by atoms with Gasteiger partial charge in [0.05, 0.1) is 16.5 Å². The molecule has 23 heavy (non-hydrogen) atoms. The Balaban J connectivity index is 1.97. The molecule has 0 radical (unpaired) electrons. The van der Waals surface area contributed by atoms with E-state index in [-0.39, 0.29) is 10.9 Å². The molecule has 0 amide bonds. The number of nitriles is 1. The monoisotopic (exact) mass is 335 g/mol. The highest BCUT2D eigenvalue weighted by molar-refractivity contribution is 7.89. The van der Waals surface area contributed by atoms with Crippen LogP contribution in [-0.4, -0.2) is 39.0 Å². The number of nitrogens with zero attached hydrogens (tertiary/aromatic N) is 2. The molecule has 1 aromatic carbocycles. The Hall–Kier alpha value is -1.42. The molecule has 5 nitrogen and oxygen atoms in total. The lowest BCUT2D eigenvalue weighted by Crippen LogP contribution is -2.46. The number of benzene rings is 1. The van der Waals surface area contributed by atoms with Gasteiger partial charge in [-0.25, -0.2) is 13.1 Å². The molecule has 0 saturated carbocycles. The van der Waals surface area contributed by atoms with Gasteiger partial charge in [-0.1, -0.05) is 19.8 Å². The van der Waals surface area contributed by atoms with Crippen LogP contribution in [0, 0.1) is 11.3 Å². The molecule has 1 aliphatic rings. The van der Waals surface area contributed by atoms with Crippen LogP contribution in [0.2, 0.25) is 0 Å². The molecule has 1 N–H and O–H groups in total. The van der Waals surface area contributed by atoms with E-state index in [1.165, 1.54) is 30.7 Å². The van der Waals surface area contributed by atoms with Crippen molar-refractivity contribution >= 4 is 10.0 Å². The fourth-order valence-corrected chi connectivity index (χ4v) is 4.02. The van der Waals surface area contributed by atoms with Crippen molar-refractivity contribution in [2.45, 2.75) is 50.0 Å². The van der Waals surface area contributed by atoms with Gasteiger partial charge in [0.25, 0.3) is 0 Å². The zero-order valence-corrected chi connectivity index (χ0v) is 14.5. The van der Waals surface area contributed by atoms with Gasteiger partial charge >= 0.3 is 0 Å². The van der Waals surface area contributed by atoms with Gasteiger partial charge in [0.1, 0.15) is 0 Å². The van der Waals surface area contributed by atoms with Crippen LogP contribution in [0.3, 0.4) is 0 Å². The first-order valence-electron chi connectivity index (χ1n) is 8.30. The summed E-state index contributed by atoms with van der Waals surface area (Å²) in [6, 6.07) is 8.30. The van der Waals surface area contributed by atoms with E-state index in [1.807, 2.05) is 6.07 Å². The molecule has 1 heterocycles. The second-order valence-electron chi connectivity index (χ2n) is 6.03. The number of hydrogen-bond donors (Lipinski definition) is 1. The molecule has 6 heteroatoms. The number of sulfonamides is 1. The van der Waals surface area contributed by atoms with Gasteiger partial charge in [0.2, 0.25) is 10.0 Å². The first-order valence-corrected chi connectivity index (χ1v) is 9.79. The molecule has 1 saturated heterocycles. The summed E-state index contributed by atoms with van der Waals surface area (Å²) in [6.45, 7) is 4.72. The van der Waals surface area contributed by atoms with E-state index in [2.05, 4.69) is 16.5 Å². The van der Waals surface area contributed by atoms with Gasteiger partial charge in [-0.05, 0) is 56.6 Å². The van der Waals surface area contributed by atoms with E-state index in [9.17, 15) is 8.42 Å². The average molecular weight is 335 g/mol. The van der Waals surface area contributed by atoms with Crippen LogP contribution in [0.1, 0.15) is 44.6 Å². The lowest BCUT2D eigenvalue weighted by molar-refractivity contribution is 0.148. The van der Waals surface area contributed by atoms with Crippen molar-refractivity contribution in [3.8, 4) is 6.07 Å². The summed E-state index contributed by atoms with van der Waals surface area (Å²) in [6.07, 6.45) is 5.70. The normalized spacial score (nSPS) is 19.4. The minimum absolute atomic E-state index is 0.215. The summed E-state index contributed by atoms with van der Waals surface area (Å²) in [5, 5.41) is 8.78. The summed E-state index contributed by atoms with van der Waals surface area (Å²) in [5.74, 6) is 0. The van der Waals surface area contributed by atoms with Crippen molar-refractivity contribution in [3.05, 3.63) is 29.8 Å². The topological polar surface area (TPSA) is 73.2 Å². The number of likely N-dealkylation sites (tertiary alicyclic amines) is 1. The fraction of sp³-hybridized carbons (Fsp3) is 0.588. The molecule has 1 fully saturated rings.